The molecule has 34 heavy (non-hydrogen) atoms. The molecule has 1 aliphatic carbocycles. The Balaban J connectivity index is 1.36. The zero-order valence-corrected chi connectivity index (χ0v) is 19.8. The topological polar surface area (TPSA) is 90.9 Å². The van der Waals surface area contributed by atoms with Crippen molar-refractivity contribution in [3.63, 3.8) is 0 Å². The van der Waals surface area contributed by atoms with Crippen LogP contribution in [0.1, 0.15) is 36.9 Å². The molecule has 0 radical (unpaired) electrons. The summed E-state index contributed by atoms with van der Waals surface area (Å²) >= 11 is 6.75. The Morgan fingerprint density at radius 3 is 2.79 bits per heavy atom. The number of halogens is 1. The Labute approximate surface area is 202 Å². The Bertz CT molecular complexity index is 1370. The van der Waals surface area contributed by atoms with Crippen LogP contribution in [0.2, 0.25) is 5.02 Å². The smallest absolute Gasteiger partial charge is 0.225 e. The number of nitrogens with one attached hydrogen (secondary N) is 1. The van der Waals surface area contributed by atoms with Gasteiger partial charge in [-0.1, -0.05) is 18.5 Å². The highest BCUT2D eigenvalue weighted by Gasteiger charge is 2.35. The number of imidazole rings is 1. The monoisotopic (exact) mass is 475 g/mol. The molecule has 2 aliphatic rings. The number of hydrogen-bond donors (Lipinski definition) is 1. The molecule has 1 saturated carbocycles. The average Bonchev–Trinajstić information content (AvgIpc) is 3.60. The van der Waals surface area contributed by atoms with Crippen molar-refractivity contribution in [2.24, 2.45) is 5.92 Å². The Hall–Kier alpha value is -3.26. The number of hydrogen-bond acceptors (Lipinski definition) is 6. The molecule has 9 heteroatoms. The van der Waals surface area contributed by atoms with Crippen LogP contribution in [-0.4, -0.2) is 61.9 Å². The molecule has 1 aliphatic heterocycles. The van der Waals surface area contributed by atoms with Crippen LogP contribution in [0.3, 0.4) is 0 Å². The largest absolute Gasteiger partial charge is 0.366 e. The number of aromatic nitrogens is 5. The lowest BCUT2D eigenvalue weighted by molar-refractivity contribution is -0.132. The Morgan fingerprint density at radius 2 is 2.00 bits per heavy atom. The molecular weight excluding hydrogens is 450 g/mol. The first-order chi connectivity index (χ1) is 16.6. The van der Waals surface area contributed by atoms with Crippen LogP contribution in [-0.2, 0) is 11.2 Å². The van der Waals surface area contributed by atoms with Gasteiger partial charge in [-0.25, -0.2) is 15.0 Å². The maximum absolute atomic E-state index is 12.6. The van der Waals surface area contributed by atoms with E-state index in [0.29, 0.717) is 23.0 Å². The predicted molar refractivity (Wildman–Crippen MR) is 132 cm³/mol. The summed E-state index contributed by atoms with van der Waals surface area (Å²) in [4.78, 5) is 37.9. The third-order valence-corrected chi connectivity index (χ3v) is 7.32. The number of aromatic amines is 1. The van der Waals surface area contributed by atoms with E-state index >= 15 is 0 Å². The first kappa shape index (κ1) is 21.3. The molecule has 1 atom stereocenters. The van der Waals surface area contributed by atoms with Gasteiger partial charge in [0.1, 0.15) is 11.8 Å². The minimum Gasteiger partial charge on any atom is -0.366 e. The number of piperazine rings is 1. The van der Waals surface area contributed by atoms with Crippen molar-refractivity contribution in [1.29, 1.82) is 0 Å². The minimum atomic E-state index is 0.131. The zero-order valence-electron chi connectivity index (χ0n) is 19.0. The van der Waals surface area contributed by atoms with Gasteiger partial charge >= 0.3 is 0 Å². The van der Waals surface area contributed by atoms with Crippen LogP contribution >= 0.6 is 11.6 Å². The highest BCUT2D eigenvalue weighted by atomic mass is 35.5. The lowest BCUT2D eigenvalue weighted by Gasteiger charge is -2.38. The van der Waals surface area contributed by atoms with E-state index in [-0.39, 0.29) is 11.8 Å². The highest BCUT2D eigenvalue weighted by molar-refractivity contribution is 6.36. The second kappa shape index (κ2) is 8.51. The van der Waals surface area contributed by atoms with Crippen molar-refractivity contribution < 1.29 is 4.79 Å². The summed E-state index contributed by atoms with van der Waals surface area (Å²) < 4.78 is 0. The molecule has 4 heterocycles. The number of carbonyl (C=O) groups excluding carboxylic acids is 1. The van der Waals surface area contributed by atoms with Gasteiger partial charge in [0.25, 0.3) is 0 Å². The van der Waals surface area contributed by atoms with E-state index < -0.39 is 0 Å². The first-order valence-electron chi connectivity index (χ1n) is 11.8. The van der Waals surface area contributed by atoms with E-state index in [9.17, 15) is 4.79 Å². The van der Waals surface area contributed by atoms with Gasteiger partial charge in [-0.05, 0) is 48.9 Å². The number of nitrogens with zero attached hydrogens (tertiary/aromatic N) is 6. The first-order valence-corrected chi connectivity index (χ1v) is 12.2. The van der Waals surface area contributed by atoms with E-state index in [0.717, 1.165) is 72.4 Å². The molecule has 1 aromatic carbocycles. The summed E-state index contributed by atoms with van der Waals surface area (Å²) in [6.07, 6.45) is 7.83. The minimum absolute atomic E-state index is 0.131. The fourth-order valence-electron chi connectivity index (χ4n) is 5.02. The summed E-state index contributed by atoms with van der Waals surface area (Å²) in [7, 11) is 0. The van der Waals surface area contributed by atoms with Gasteiger partial charge in [0.15, 0.2) is 5.65 Å². The number of benzene rings is 1. The van der Waals surface area contributed by atoms with Crippen LogP contribution in [0, 0.1) is 5.92 Å². The summed E-state index contributed by atoms with van der Waals surface area (Å²) in [5.74, 6) is 0.707. The van der Waals surface area contributed by atoms with E-state index in [1.54, 1.807) is 12.7 Å². The lowest BCUT2D eigenvalue weighted by Crippen LogP contribution is -2.49. The van der Waals surface area contributed by atoms with E-state index in [4.69, 9.17) is 16.6 Å². The van der Waals surface area contributed by atoms with Crippen LogP contribution in [0.25, 0.3) is 22.1 Å². The fourth-order valence-corrected chi connectivity index (χ4v) is 5.29. The molecule has 3 aromatic heterocycles. The molecule has 2 fully saturated rings. The van der Waals surface area contributed by atoms with Gasteiger partial charge in [-0.15, -0.1) is 0 Å². The molecule has 0 bridgehead atoms. The standard InChI is InChI=1S/C25H26ClN7O/c1-15(11-20-22-24(30-13-28-20)31-14-29-22)18-12-19(26)17-3-2-6-27-21(17)23(18)32-7-9-33(10-8-32)25(34)16-4-5-16/h2-3,6,12-16H,4-5,7-11H2,1H3,(H,28,29,30,31). The molecule has 6 rings (SSSR count). The third-order valence-electron chi connectivity index (χ3n) is 7.01. The highest BCUT2D eigenvalue weighted by Crippen LogP contribution is 2.40. The van der Waals surface area contributed by atoms with Crippen LogP contribution in [0.15, 0.2) is 37.1 Å². The Kier molecular flexibility index (Phi) is 5.32. The molecule has 1 unspecified atom stereocenters. The number of rotatable bonds is 5. The van der Waals surface area contributed by atoms with Crippen molar-refractivity contribution in [2.75, 3.05) is 31.1 Å². The summed E-state index contributed by atoms with van der Waals surface area (Å²) in [6.45, 7) is 5.23. The number of H-pyrrole nitrogens is 1. The van der Waals surface area contributed by atoms with Gasteiger partial charge in [0, 0.05) is 43.7 Å². The fraction of sp³-hybridized carbons (Fsp3) is 0.400. The normalized spacial score (nSPS) is 17.5. The molecule has 1 amide bonds. The lowest BCUT2D eigenvalue weighted by atomic mass is 9.92. The third kappa shape index (κ3) is 3.76. The number of pyridine rings is 1. The summed E-state index contributed by atoms with van der Waals surface area (Å²) in [5.41, 5.74) is 5.64. The number of anilines is 1. The van der Waals surface area contributed by atoms with E-state index in [1.807, 2.05) is 23.2 Å². The number of fused-ring (bicyclic) bond motifs is 2. The van der Waals surface area contributed by atoms with Gasteiger partial charge in [0.2, 0.25) is 5.91 Å². The molecule has 4 aromatic rings. The molecule has 8 nitrogen and oxygen atoms in total. The van der Waals surface area contributed by atoms with Crippen molar-refractivity contribution in [3.05, 3.63) is 53.3 Å². The van der Waals surface area contributed by atoms with E-state index in [1.165, 1.54) is 0 Å². The molecule has 0 spiro atoms. The zero-order chi connectivity index (χ0) is 23.2. The van der Waals surface area contributed by atoms with Crippen LogP contribution in [0.4, 0.5) is 5.69 Å². The van der Waals surface area contributed by atoms with Crippen molar-refractivity contribution in [3.8, 4) is 0 Å². The molecule has 174 valence electrons. The van der Waals surface area contributed by atoms with Crippen LogP contribution < -0.4 is 4.90 Å². The van der Waals surface area contributed by atoms with Crippen molar-refractivity contribution >= 4 is 45.3 Å². The van der Waals surface area contributed by atoms with Crippen molar-refractivity contribution in [2.45, 2.75) is 32.1 Å². The van der Waals surface area contributed by atoms with Crippen molar-refractivity contribution in [1.82, 2.24) is 29.8 Å². The van der Waals surface area contributed by atoms with Gasteiger partial charge in [-0.2, -0.15) is 0 Å². The Morgan fingerprint density at radius 1 is 1.18 bits per heavy atom. The maximum atomic E-state index is 12.6. The second-order valence-corrected chi connectivity index (χ2v) is 9.72. The number of amides is 1. The van der Waals surface area contributed by atoms with Gasteiger partial charge in [0.05, 0.1) is 28.2 Å². The maximum Gasteiger partial charge on any atom is 0.225 e. The SMILES string of the molecule is CC(Cc1ncnc2nc[nH]c12)c1cc(Cl)c2cccnc2c1N1CCN(C(=O)C2CC2)CC1. The second-order valence-electron chi connectivity index (χ2n) is 9.31. The quantitative estimate of drug-likeness (QED) is 0.470. The van der Waals surface area contributed by atoms with Gasteiger partial charge in [-0.3, -0.25) is 9.78 Å². The molecular formula is C25H26ClN7O. The van der Waals surface area contributed by atoms with E-state index in [2.05, 4.69) is 37.8 Å². The average molecular weight is 476 g/mol. The predicted octanol–water partition coefficient (Wildman–Crippen LogP) is 3.96. The summed E-state index contributed by atoms with van der Waals surface area (Å²) in [5, 5.41) is 1.65. The summed E-state index contributed by atoms with van der Waals surface area (Å²) in [6, 6.07) is 6.02. The molecule has 1 N–H and O–H groups in total. The molecule has 1 saturated heterocycles. The van der Waals surface area contributed by atoms with Gasteiger partial charge < -0.3 is 14.8 Å². The number of carbonyl (C=O) groups is 1. The van der Waals surface area contributed by atoms with Crippen LogP contribution in [0.5, 0.6) is 0 Å².